The molecular formula is C6H10ClNO2. The Labute approximate surface area is 65.0 Å². The van der Waals surface area contributed by atoms with Crippen LogP contribution in [0.5, 0.6) is 0 Å². The number of halogens is 1. The smallest absolute Gasteiger partial charge is 0.241 e. The second-order valence-electron chi connectivity index (χ2n) is 1.96. The second-order valence-corrected chi connectivity index (χ2v) is 2.38. The minimum absolute atomic E-state index is 0.00573. The molecule has 0 bridgehead atoms. The van der Waals surface area contributed by atoms with Crippen molar-refractivity contribution in [1.82, 2.24) is 4.90 Å². The molecule has 4 heteroatoms. The predicted octanol–water partition coefficient (Wildman–Crippen LogP) is 0.620. The van der Waals surface area contributed by atoms with Crippen molar-refractivity contribution in [2.24, 2.45) is 0 Å². The zero-order chi connectivity index (χ0) is 8.15. The first kappa shape index (κ1) is 9.43. The first-order valence-electron chi connectivity index (χ1n) is 3.00. The summed E-state index contributed by atoms with van der Waals surface area (Å²) >= 11 is 5.04. The van der Waals surface area contributed by atoms with Crippen LogP contribution in [0.3, 0.4) is 0 Å². The average molecular weight is 164 g/mol. The largest absolute Gasteiger partial charge is 0.337 e. The fourth-order valence-corrected chi connectivity index (χ4v) is 0.724. The summed E-state index contributed by atoms with van der Waals surface area (Å²) in [6.07, 6.45) is 0.403. The van der Waals surface area contributed by atoms with E-state index in [2.05, 4.69) is 0 Å². The first-order chi connectivity index (χ1) is 4.57. The maximum Gasteiger partial charge on any atom is 0.241 e. The number of nitrogens with zero attached hydrogens (tertiary/aromatic N) is 1. The van der Waals surface area contributed by atoms with Crippen LogP contribution in [0.4, 0.5) is 0 Å². The van der Waals surface area contributed by atoms with E-state index in [4.69, 9.17) is 11.6 Å². The molecule has 0 radical (unpaired) electrons. The molecule has 0 saturated carbocycles. The summed E-state index contributed by atoms with van der Waals surface area (Å²) in [5, 5.41) is -0.510. The van der Waals surface area contributed by atoms with Crippen LogP contribution in [-0.4, -0.2) is 29.6 Å². The van der Waals surface area contributed by atoms with Crippen molar-refractivity contribution in [1.29, 1.82) is 0 Å². The SMILES string of the molecule is CCC(=O)N(C)CC(=O)Cl. The fraction of sp³-hybridized carbons (Fsp3) is 0.667. The van der Waals surface area contributed by atoms with Gasteiger partial charge in [0.1, 0.15) is 0 Å². The van der Waals surface area contributed by atoms with Gasteiger partial charge in [-0.05, 0) is 11.6 Å². The summed E-state index contributed by atoms with van der Waals surface area (Å²) in [5.41, 5.74) is 0. The highest BCUT2D eigenvalue weighted by atomic mass is 35.5. The summed E-state index contributed by atoms with van der Waals surface area (Å²) in [6.45, 7) is 1.73. The van der Waals surface area contributed by atoms with E-state index in [9.17, 15) is 9.59 Å². The molecule has 0 saturated heterocycles. The van der Waals surface area contributed by atoms with Gasteiger partial charge in [-0.3, -0.25) is 9.59 Å². The first-order valence-corrected chi connectivity index (χ1v) is 3.38. The predicted molar refractivity (Wildman–Crippen MR) is 38.8 cm³/mol. The molecule has 0 aliphatic carbocycles. The minimum atomic E-state index is -0.510. The Balaban J connectivity index is 3.72. The van der Waals surface area contributed by atoms with E-state index >= 15 is 0 Å². The number of rotatable bonds is 3. The van der Waals surface area contributed by atoms with Gasteiger partial charge in [0.2, 0.25) is 11.1 Å². The lowest BCUT2D eigenvalue weighted by atomic mass is 10.4. The van der Waals surface area contributed by atoms with Crippen molar-refractivity contribution >= 4 is 22.8 Å². The molecule has 3 nitrogen and oxygen atoms in total. The topological polar surface area (TPSA) is 37.4 Å². The van der Waals surface area contributed by atoms with Gasteiger partial charge in [0.25, 0.3) is 0 Å². The molecule has 0 aromatic carbocycles. The molecule has 0 unspecified atom stereocenters. The van der Waals surface area contributed by atoms with Crippen molar-refractivity contribution in [2.45, 2.75) is 13.3 Å². The number of carbonyl (C=O) groups excluding carboxylic acids is 2. The maximum atomic E-state index is 10.8. The highest BCUT2D eigenvalue weighted by molar-refractivity contribution is 6.64. The second kappa shape index (κ2) is 4.28. The lowest BCUT2D eigenvalue weighted by Gasteiger charge is -2.12. The Morgan fingerprint density at radius 1 is 1.50 bits per heavy atom. The van der Waals surface area contributed by atoms with Gasteiger partial charge in [-0.25, -0.2) is 0 Å². The highest BCUT2D eigenvalue weighted by Gasteiger charge is 2.07. The number of amides is 1. The van der Waals surface area contributed by atoms with Crippen LogP contribution in [-0.2, 0) is 9.59 Å². The fourth-order valence-electron chi connectivity index (χ4n) is 0.545. The zero-order valence-corrected chi connectivity index (χ0v) is 6.81. The number of hydrogen-bond acceptors (Lipinski definition) is 2. The molecule has 58 valence electrons. The van der Waals surface area contributed by atoms with E-state index in [1.54, 1.807) is 14.0 Å². The molecule has 0 heterocycles. The van der Waals surface area contributed by atoms with Crippen LogP contribution in [0.25, 0.3) is 0 Å². The Bertz CT molecular complexity index is 147. The third-order valence-corrected chi connectivity index (χ3v) is 1.21. The Kier molecular flexibility index (Phi) is 4.03. The number of hydrogen-bond donors (Lipinski definition) is 0. The summed E-state index contributed by atoms with van der Waals surface area (Å²) in [7, 11) is 1.55. The number of carbonyl (C=O) groups is 2. The van der Waals surface area contributed by atoms with E-state index in [0.29, 0.717) is 6.42 Å². The van der Waals surface area contributed by atoms with Crippen LogP contribution < -0.4 is 0 Å². The van der Waals surface area contributed by atoms with Gasteiger partial charge in [-0.2, -0.15) is 0 Å². The summed E-state index contributed by atoms with van der Waals surface area (Å²) in [4.78, 5) is 22.3. The van der Waals surface area contributed by atoms with Crippen molar-refractivity contribution in [3.05, 3.63) is 0 Å². The Hall–Kier alpha value is -0.570. The van der Waals surface area contributed by atoms with Crippen LogP contribution in [0.15, 0.2) is 0 Å². The lowest BCUT2D eigenvalue weighted by Crippen LogP contribution is -2.29. The van der Waals surface area contributed by atoms with Gasteiger partial charge in [-0.15, -0.1) is 0 Å². The summed E-state index contributed by atoms with van der Waals surface area (Å²) < 4.78 is 0. The van der Waals surface area contributed by atoms with Crippen LogP contribution >= 0.6 is 11.6 Å². The van der Waals surface area contributed by atoms with Gasteiger partial charge in [0, 0.05) is 13.5 Å². The molecular weight excluding hydrogens is 154 g/mol. The maximum absolute atomic E-state index is 10.8. The average Bonchev–Trinajstić information content (AvgIpc) is 1.85. The number of likely N-dealkylation sites (N-methyl/N-ethyl adjacent to an activating group) is 1. The van der Waals surface area contributed by atoms with Gasteiger partial charge < -0.3 is 4.90 Å². The van der Waals surface area contributed by atoms with Gasteiger partial charge >= 0.3 is 0 Å². The van der Waals surface area contributed by atoms with E-state index in [0.717, 1.165) is 0 Å². The van der Waals surface area contributed by atoms with Crippen molar-refractivity contribution in [3.8, 4) is 0 Å². The van der Waals surface area contributed by atoms with Gasteiger partial charge in [0.05, 0.1) is 6.54 Å². The standard InChI is InChI=1S/C6H10ClNO2/c1-3-6(10)8(2)4-5(7)9/h3-4H2,1-2H3. The molecule has 0 atom stereocenters. The van der Waals surface area contributed by atoms with Crippen molar-refractivity contribution < 1.29 is 9.59 Å². The molecule has 0 spiro atoms. The van der Waals surface area contributed by atoms with E-state index in [1.165, 1.54) is 4.90 Å². The highest BCUT2D eigenvalue weighted by Crippen LogP contribution is 1.91. The summed E-state index contributed by atoms with van der Waals surface area (Å²) in [5.74, 6) is -0.0750. The molecule has 0 aliphatic heterocycles. The van der Waals surface area contributed by atoms with Gasteiger partial charge in [-0.1, -0.05) is 6.92 Å². The van der Waals surface area contributed by atoms with E-state index < -0.39 is 5.24 Å². The quantitative estimate of drug-likeness (QED) is 0.572. The Morgan fingerprint density at radius 3 is 2.30 bits per heavy atom. The molecule has 0 aliphatic rings. The van der Waals surface area contributed by atoms with E-state index in [-0.39, 0.29) is 12.5 Å². The van der Waals surface area contributed by atoms with Crippen molar-refractivity contribution in [2.75, 3.05) is 13.6 Å². The minimum Gasteiger partial charge on any atom is -0.337 e. The van der Waals surface area contributed by atoms with Crippen LogP contribution in [0, 0.1) is 0 Å². The molecule has 0 aromatic rings. The van der Waals surface area contributed by atoms with Crippen molar-refractivity contribution in [3.63, 3.8) is 0 Å². The lowest BCUT2D eigenvalue weighted by molar-refractivity contribution is -0.132. The third kappa shape index (κ3) is 3.45. The zero-order valence-electron chi connectivity index (χ0n) is 6.06. The van der Waals surface area contributed by atoms with E-state index in [1.807, 2.05) is 0 Å². The Morgan fingerprint density at radius 2 is 2.00 bits per heavy atom. The molecule has 0 rings (SSSR count). The molecule has 0 N–H and O–H groups in total. The molecule has 1 amide bonds. The van der Waals surface area contributed by atoms with Crippen LogP contribution in [0.2, 0.25) is 0 Å². The molecule has 0 aromatic heterocycles. The molecule has 10 heavy (non-hydrogen) atoms. The monoisotopic (exact) mass is 163 g/mol. The molecule has 0 fully saturated rings. The van der Waals surface area contributed by atoms with Crippen LogP contribution in [0.1, 0.15) is 13.3 Å². The summed E-state index contributed by atoms with van der Waals surface area (Å²) in [6, 6.07) is 0. The normalized spacial score (nSPS) is 9.10. The third-order valence-electron chi connectivity index (χ3n) is 1.09. The van der Waals surface area contributed by atoms with Gasteiger partial charge in [0.15, 0.2) is 0 Å².